The Hall–Kier alpha value is -2.26. The van der Waals surface area contributed by atoms with Gasteiger partial charge in [0.2, 0.25) is 5.82 Å². The Bertz CT molecular complexity index is 647. The second kappa shape index (κ2) is 4.93. The van der Waals surface area contributed by atoms with E-state index in [-0.39, 0.29) is 11.9 Å². The maximum Gasteiger partial charge on any atom is 0.417 e. The summed E-state index contributed by atoms with van der Waals surface area (Å²) in [6.45, 7) is 1.42. The molecule has 0 saturated heterocycles. The van der Waals surface area contributed by atoms with Gasteiger partial charge in [-0.25, -0.2) is 0 Å². The van der Waals surface area contributed by atoms with Crippen LogP contribution in [0, 0.1) is 6.92 Å². The molecular formula is C11H6F6N4. The summed E-state index contributed by atoms with van der Waals surface area (Å²) < 4.78 is 76.3. The third kappa shape index (κ3) is 3.26. The summed E-state index contributed by atoms with van der Waals surface area (Å²) in [5.41, 5.74) is -3.52. The van der Waals surface area contributed by atoms with Gasteiger partial charge >= 0.3 is 12.4 Å². The lowest BCUT2D eigenvalue weighted by Crippen LogP contribution is -2.13. The van der Waals surface area contributed by atoms with E-state index in [1.807, 2.05) is 0 Å². The van der Waals surface area contributed by atoms with Gasteiger partial charge in [-0.1, -0.05) is 0 Å². The highest BCUT2D eigenvalue weighted by molar-refractivity contribution is 5.61. The van der Waals surface area contributed by atoms with Gasteiger partial charge in [-0.2, -0.15) is 26.3 Å². The average molecular weight is 308 g/mol. The van der Waals surface area contributed by atoms with Crippen LogP contribution in [-0.2, 0) is 12.4 Å². The van der Waals surface area contributed by atoms with Crippen molar-refractivity contribution in [1.29, 1.82) is 0 Å². The highest BCUT2D eigenvalue weighted by Crippen LogP contribution is 2.39. The molecule has 0 saturated carbocycles. The van der Waals surface area contributed by atoms with Crippen molar-refractivity contribution in [1.82, 2.24) is 20.4 Å². The maximum absolute atomic E-state index is 12.9. The van der Waals surface area contributed by atoms with Gasteiger partial charge < -0.3 is 0 Å². The molecule has 0 bridgehead atoms. The Balaban J connectivity index is 2.63. The van der Waals surface area contributed by atoms with Gasteiger partial charge in [0, 0.05) is 5.56 Å². The molecule has 2 rings (SSSR count). The molecule has 4 nitrogen and oxygen atoms in total. The highest BCUT2D eigenvalue weighted by Gasteiger charge is 2.39. The first-order chi connectivity index (χ1) is 9.59. The van der Waals surface area contributed by atoms with E-state index in [0.717, 1.165) is 0 Å². The van der Waals surface area contributed by atoms with E-state index < -0.39 is 34.9 Å². The average Bonchev–Trinajstić information content (AvgIpc) is 2.37. The number of alkyl halides is 6. The summed E-state index contributed by atoms with van der Waals surface area (Å²) in [4.78, 5) is 0. The Morgan fingerprint density at radius 3 is 1.86 bits per heavy atom. The molecule has 0 amide bonds. The molecule has 0 fully saturated rings. The summed E-state index contributed by atoms with van der Waals surface area (Å²) >= 11 is 0. The summed E-state index contributed by atoms with van der Waals surface area (Å²) in [5, 5.41) is 13.7. The van der Waals surface area contributed by atoms with Crippen LogP contribution >= 0.6 is 0 Å². The number of aromatic nitrogens is 4. The fourth-order valence-corrected chi connectivity index (χ4v) is 1.54. The number of aryl methyl sites for hydroxylation is 1. The molecule has 21 heavy (non-hydrogen) atoms. The molecule has 0 N–H and O–H groups in total. The van der Waals surface area contributed by atoms with E-state index in [0.29, 0.717) is 12.1 Å². The minimum absolute atomic E-state index is 0.0125. The predicted molar refractivity (Wildman–Crippen MR) is 57.8 cm³/mol. The lowest BCUT2D eigenvalue weighted by molar-refractivity contribution is -0.142. The van der Waals surface area contributed by atoms with Crippen LogP contribution in [-0.4, -0.2) is 20.4 Å². The number of halogens is 6. The van der Waals surface area contributed by atoms with Crippen LogP contribution in [0.3, 0.4) is 0 Å². The standard InChI is InChI=1S/C11H6F6N4/c1-5-18-20-9(21-19-5)7-3-2-6(10(12,13)14)4-8(7)11(15,16)17/h2-4H,1H3. The second-order valence-electron chi connectivity index (χ2n) is 4.03. The molecule has 0 atom stereocenters. The summed E-state index contributed by atoms with van der Waals surface area (Å²) in [5.74, 6) is -0.374. The lowest BCUT2D eigenvalue weighted by atomic mass is 10.0. The summed E-state index contributed by atoms with van der Waals surface area (Å²) in [6.07, 6.45) is -9.88. The van der Waals surface area contributed by atoms with Crippen LogP contribution in [0.1, 0.15) is 17.0 Å². The van der Waals surface area contributed by atoms with E-state index in [4.69, 9.17) is 0 Å². The fraction of sp³-hybridized carbons (Fsp3) is 0.273. The number of rotatable bonds is 1. The first-order valence-corrected chi connectivity index (χ1v) is 5.42. The van der Waals surface area contributed by atoms with E-state index in [2.05, 4.69) is 20.4 Å². The van der Waals surface area contributed by atoms with Crippen LogP contribution in [0.25, 0.3) is 11.4 Å². The predicted octanol–water partition coefficient (Wildman–Crippen LogP) is 3.28. The monoisotopic (exact) mass is 308 g/mol. The van der Waals surface area contributed by atoms with Gasteiger partial charge in [-0.3, -0.25) is 0 Å². The van der Waals surface area contributed by atoms with Gasteiger partial charge in [0.25, 0.3) is 0 Å². The van der Waals surface area contributed by atoms with Crippen molar-refractivity contribution in [2.24, 2.45) is 0 Å². The zero-order chi connectivity index (χ0) is 15.8. The first-order valence-electron chi connectivity index (χ1n) is 5.42. The van der Waals surface area contributed by atoms with Crippen molar-refractivity contribution in [2.45, 2.75) is 19.3 Å². The summed E-state index contributed by atoms with van der Waals surface area (Å²) in [7, 11) is 0. The van der Waals surface area contributed by atoms with Crippen molar-refractivity contribution in [3.8, 4) is 11.4 Å². The fourth-order valence-electron chi connectivity index (χ4n) is 1.54. The van der Waals surface area contributed by atoms with Crippen molar-refractivity contribution in [2.75, 3.05) is 0 Å². The van der Waals surface area contributed by atoms with Crippen molar-refractivity contribution >= 4 is 0 Å². The minimum Gasteiger partial charge on any atom is -0.166 e. The van der Waals surface area contributed by atoms with E-state index in [9.17, 15) is 26.3 Å². The van der Waals surface area contributed by atoms with Crippen molar-refractivity contribution in [3.63, 3.8) is 0 Å². The Kier molecular flexibility index (Phi) is 3.56. The first kappa shape index (κ1) is 15.1. The number of nitrogens with zero attached hydrogens (tertiary/aromatic N) is 4. The van der Waals surface area contributed by atoms with Crippen molar-refractivity contribution in [3.05, 3.63) is 35.2 Å². The quantitative estimate of drug-likeness (QED) is 0.759. The molecule has 112 valence electrons. The normalized spacial score (nSPS) is 12.5. The third-order valence-corrected chi connectivity index (χ3v) is 2.47. The van der Waals surface area contributed by atoms with E-state index >= 15 is 0 Å². The largest absolute Gasteiger partial charge is 0.417 e. The Morgan fingerprint density at radius 1 is 0.810 bits per heavy atom. The molecule has 0 spiro atoms. The van der Waals surface area contributed by atoms with Crippen LogP contribution in [0.5, 0.6) is 0 Å². The number of hydrogen-bond acceptors (Lipinski definition) is 4. The highest BCUT2D eigenvalue weighted by atomic mass is 19.4. The van der Waals surface area contributed by atoms with Crippen LogP contribution in [0.2, 0.25) is 0 Å². The number of benzene rings is 1. The molecule has 10 heteroatoms. The van der Waals surface area contributed by atoms with Gasteiger partial charge in [0.05, 0.1) is 11.1 Å². The molecule has 0 radical (unpaired) electrons. The molecule has 1 aromatic heterocycles. The SMILES string of the molecule is Cc1nnc(-c2ccc(C(F)(F)F)cc2C(F)(F)F)nn1. The molecule has 0 aliphatic heterocycles. The number of hydrogen-bond donors (Lipinski definition) is 0. The van der Waals surface area contributed by atoms with Crippen LogP contribution in [0.15, 0.2) is 18.2 Å². The van der Waals surface area contributed by atoms with E-state index in [1.54, 1.807) is 0 Å². The maximum atomic E-state index is 12.9. The Morgan fingerprint density at radius 2 is 1.38 bits per heavy atom. The van der Waals surface area contributed by atoms with Crippen LogP contribution < -0.4 is 0 Å². The molecule has 2 aromatic rings. The van der Waals surface area contributed by atoms with Crippen molar-refractivity contribution < 1.29 is 26.3 Å². The Labute approximate surface area is 113 Å². The van der Waals surface area contributed by atoms with Gasteiger partial charge in [-0.15, -0.1) is 20.4 Å². The molecular weight excluding hydrogens is 302 g/mol. The minimum atomic E-state index is -5.00. The zero-order valence-corrected chi connectivity index (χ0v) is 10.3. The van der Waals surface area contributed by atoms with Gasteiger partial charge in [0.1, 0.15) is 0 Å². The zero-order valence-electron chi connectivity index (χ0n) is 10.3. The van der Waals surface area contributed by atoms with Gasteiger partial charge in [-0.05, 0) is 25.1 Å². The third-order valence-electron chi connectivity index (χ3n) is 2.47. The second-order valence-corrected chi connectivity index (χ2v) is 4.03. The topological polar surface area (TPSA) is 51.6 Å². The van der Waals surface area contributed by atoms with Gasteiger partial charge in [0.15, 0.2) is 5.82 Å². The van der Waals surface area contributed by atoms with Crippen LogP contribution in [0.4, 0.5) is 26.3 Å². The smallest absolute Gasteiger partial charge is 0.166 e. The lowest BCUT2D eigenvalue weighted by Gasteiger charge is -2.14. The molecule has 0 unspecified atom stereocenters. The molecule has 0 aliphatic rings. The molecule has 1 heterocycles. The van der Waals surface area contributed by atoms with E-state index in [1.165, 1.54) is 6.92 Å². The molecule has 0 aliphatic carbocycles. The summed E-state index contributed by atoms with van der Waals surface area (Å²) in [6, 6.07) is 1.19. The molecule has 1 aromatic carbocycles.